The van der Waals surface area contributed by atoms with E-state index in [-0.39, 0.29) is 12.2 Å². The van der Waals surface area contributed by atoms with Crippen molar-refractivity contribution in [3.63, 3.8) is 0 Å². The van der Waals surface area contributed by atoms with Crippen LogP contribution in [0.25, 0.3) is 0 Å². The molecule has 0 saturated carbocycles. The van der Waals surface area contributed by atoms with Gasteiger partial charge in [-0.2, -0.15) is 5.26 Å². The standard InChI is InChI=1S/C8H4BrFIN/c9-8-5(3-4-12)7(11)2-1-6(8)10/h1-2H,3H2. The second kappa shape index (κ2) is 4.19. The highest BCUT2D eigenvalue weighted by atomic mass is 127. The second-order valence-electron chi connectivity index (χ2n) is 2.16. The van der Waals surface area contributed by atoms with Gasteiger partial charge in [-0.25, -0.2) is 4.39 Å². The number of halogens is 3. The Hall–Kier alpha value is -0.150. The predicted octanol–water partition coefficient (Wildman–Crippen LogP) is 3.26. The van der Waals surface area contributed by atoms with Crippen molar-refractivity contribution in [1.29, 1.82) is 5.26 Å². The summed E-state index contributed by atoms with van der Waals surface area (Å²) in [5.41, 5.74) is 0.720. The molecule has 1 aromatic rings. The number of benzene rings is 1. The molecule has 1 aromatic carbocycles. The summed E-state index contributed by atoms with van der Waals surface area (Å²) in [6.07, 6.45) is 0.233. The smallest absolute Gasteiger partial charge is 0.137 e. The third kappa shape index (κ3) is 1.96. The van der Waals surface area contributed by atoms with Gasteiger partial charge < -0.3 is 0 Å². The van der Waals surface area contributed by atoms with Gasteiger partial charge >= 0.3 is 0 Å². The third-order valence-electron chi connectivity index (χ3n) is 1.39. The Morgan fingerprint density at radius 3 is 2.83 bits per heavy atom. The lowest BCUT2D eigenvalue weighted by Crippen LogP contribution is -1.91. The summed E-state index contributed by atoms with van der Waals surface area (Å²) in [4.78, 5) is 0. The van der Waals surface area contributed by atoms with Gasteiger partial charge in [0.2, 0.25) is 0 Å². The van der Waals surface area contributed by atoms with Gasteiger partial charge in [0.1, 0.15) is 5.82 Å². The zero-order valence-corrected chi connectivity index (χ0v) is 9.69. The average Bonchev–Trinajstić information content (AvgIpc) is 2.06. The van der Waals surface area contributed by atoms with E-state index in [0.717, 1.165) is 9.13 Å². The average molecular weight is 340 g/mol. The fraction of sp³-hybridized carbons (Fsp3) is 0.125. The predicted molar refractivity (Wildman–Crippen MR) is 56.1 cm³/mol. The van der Waals surface area contributed by atoms with E-state index in [0.29, 0.717) is 4.47 Å². The van der Waals surface area contributed by atoms with Crippen LogP contribution in [0.5, 0.6) is 0 Å². The third-order valence-corrected chi connectivity index (χ3v) is 3.26. The number of rotatable bonds is 1. The Kier molecular flexibility index (Phi) is 3.47. The first-order valence-corrected chi connectivity index (χ1v) is 5.03. The van der Waals surface area contributed by atoms with Crippen molar-refractivity contribution in [1.82, 2.24) is 0 Å². The molecule has 12 heavy (non-hydrogen) atoms. The molecular formula is C8H4BrFIN. The van der Waals surface area contributed by atoms with Crippen LogP contribution in [0.2, 0.25) is 0 Å². The Labute approximate surface area is 91.8 Å². The Morgan fingerprint density at radius 2 is 2.25 bits per heavy atom. The highest BCUT2D eigenvalue weighted by molar-refractivity contribution is 14.1. The summed E-state index contributed by atoms with van der Waals surface area (Å²) in [7, 11) is 0. The molecule has 0 atom stereocenters. The molecular weight excluding hydrogens is 336 g/mol. The van der Waals surface area contributed by atoms with Crippen LogP contribution in [0.15, 0.2) is 16.6 Å². The first-order valence-electron chi connectivity index (χ1n) is 3.16. The van der Waals surface area contributed by atoms with Gasteiger partial charge in [0.25, 0.3) is 0 Å². The van der Waals surface area contributed by atoms with Gasteiger partial charge in [-0.15, -0.1) is 0 Å². The molecule has 0 unspecified atom stereocenters. The molecule has 0 fully saturated rings. The summed E-state index contributed by atoms with van der Waals surface area (Å²) in [6, 6.07) is 5.03. The monoisotopic (exact) mass is 339 g/mol. The van der Waals surface area contributed by atoms with Crippen molar-refractivity contribution >= 4 is 38.5 Å². The molecule has 4 heteroatoms. The van der Waals surface area contributed by atoms with E-state index >= 15 is 0 Å². The molecule has 0 radical (unpaired) electrons. The highest BCUT2D eigenvalue weighted by Crippen LogP contribution is 2.25. The molecule has 62 valence electrons. The lowest BCUT2D eigenvalue weighted by atomic mass is 10.2. The van der Waals surface area contributed by atoms with Crippen molar-refractivity contribution in [2.75, 3.05) is 0 Å². The van der Waals surface area contributed by atoms with E-state index < -0.39 is 0 Å². The Bertz CT molecular complexity index is 346. The zero-order valence-electron chi connectivity index (χ0n) is 5.94. The summed E-state index contributed by atoms with van der Waals surface area (Å²) in [6.45, 7) is 0. The topological polar surface area (TPSA) is 23.8 Å². The van der Waals surface area contributed by atoms with Crippen LogP contribution in [-0.2, 0) is 6.42 Å². The maximum absolute atomic E-state index is 12.9. The van der Waals surface area contributed by atoms with Crippen LogP contribution in [-0.4, -0.2) is 0 Å². The fourth-order valence-electron chi connectivity index (χ4n) is 0.810. The Morgan fingerprint density at radius 1 is 1.58 bits per heavy atom. The molecule has 0 amide bonds. The number of hydrogen-bond donors (Lipinski definition) is 0. The van der Waals surface area contributed by atoms with E-state index in [4.69, 9.17) is 5.26 Å². The van der Waals surface area contributed by atoms with Gasteiger partial charge in [0, 0.05) is 3.57 Å². The lowest BCUT2D eigenvalue weighted by Gasteiger charge is -2.03. The normalized spacial score (nSPS) is 9.50. The Balaban J connectivity index is 3.25. The lowest BCUT2D eigenvalue weighted by molar-refractivity contribution is 0.618. The van der Waals surface area contributed by atoms with E-state index in [1.165, 1.54) is 6.07 Å². The highest BCUT2D eigenvalue weighted by Gasteiger charge is 2.08. The number of nitrogens with zero attached hydrogens (tertiary/aromatic N) is 1. The van der Waals surface area contributed by atoms with Gasteiger partial charge in [0.05, 0.1) is 17.0 Å². The first kappa shape index (κ1) is 9.93. The van der Waals surface area contributed by atoms with Crippen molar-refractivity contribution in [3.8, 4) is 6.07 Å². The molecule has 0 spiro atoms. The minimum Gasteiger partial charge on any atom is -0.206 e. The minimum atomic E-state index is -0.319. The van der Waals surface area contributed by atoms with Crippen molar-refractivity contribution in [3.05, 3.63) is 31.6 Å². The van der Waals surface area contributed by atoms with Crippen molar-refractivity contribution in [2.45, 2.75) is 6.42 Å². The minimum absolute atomic E-state index is 0.233. The fourth-order valence-corrected chi connectivity index (χ4v) is 2.31. The van der Waals surface area contributed by atoms with Gasteiger partial charge in [-0.05, 0) is 56.2 Å². The summed E-state index contributed by atoms with van der Waals surface area (Å²) in [5.74, 6) is -0.319. The van der Waals surface area contributed by atoms with E-state index in [1.807, 2.05) is 6.07 Å². The van der Waals surface area contributed by atoms with Crippen LogP contribution < -0.4 is 0 Å². The molecule has 1 nitrogen and oxygen atoms in total. The van der Waals surface area contributed by atoms with E-state index in [9.17, 15) is 4.39 Å². The molecule has 1 rings (SSSR count). The molecule has 0 aliphatic rings. The molecule has 0 aliphatic carbocycles. The van der Waals surface area contributed by atoms with Crippen LogP contribution >= 0.6 is 38.5 Å². The molecule has 0 bridgehead atoms. The molecule has 0 aromatic heterocycles. The SMILES string of the molecule is N#CCc1c(I)ccc(F)c1Br. The van der Waals surface area contributed by atoms with Gasteiger partial charge in [-0.1, -0.05) is 0 Å². The zero-order chi connectivity index (χ0) is 9.14. The van der Waals surface area contributed by atoms with Crippen molar-refractivity contribution in [2.24, 2.45) is 0 Å². The molecule has 0 saturated heterocycles. The molecule has 0 N–H and O–H groups in total. The first-order chi connectivity index (χ1) is 5.66. The van der Waals surface area contributed by atoms with Gasteiger partial charge in [0.15, 0.2) is 0 Å². The van der Waals surface area contributed by atoms with E-state index in [2.05, 4.69) is 38.5 Å². The maximum Gasteiger partial charge on any atom is 0.137 e. The molecule has 0 aliphatic heterocycles. The van der Waals surface area contributed by atoms with Crippen LogP contribution in [0, 0.1) is 20.7 Å². The number of hydrogen-bond acceptors (Lipinski definition) is 1. The van der Waals surface area contributed by atoms with Crippen LogP contribution in [0.4, 0.5) is 4.39 Å². The summed E-state index contributed by atoms with van der Waals surface area (Å²) < 4.78 is 14.2. The summed E-state index contributed by atoms with van der Waals surface area (Å²) >= 11 is 5.18. The quantitative estimate of drug-likeness (QED) is 0.569. The molecule has 0 heterocycles. The maximum atomic E-state index is 12.9. The number of nitriles is 1. The summed E-state index contributed by atoms with van der Waals surface area (Å²) in [5, 5.41) is 8.46. The van der Waals surface area contributed by atoms with Crippen LogP contribution in [0.3, 0.4) is 0 Å². The second-order valence-corrected chi connectivity index (χ2v) is 4.11. The van der Waals surface area contributed by atoms with Crippen LogP contribution in [0.1, 0.15) is 5.56 Å². The van der Waals surface area contributed by atoms with Crippen molar-refractivity contribution < 1.29 is 4.39 Å². The van der Waals surface area contributed by atoms with Gasteiger partial charge in [-0.3, -0.25) is 0 Å². The largest absolute Gasteiger partial charge is 0.206 e. The van der Waals surface area contributed by atoms with E-state index in [1.54, 1.807) is 6.07 Å².